The van der Waals surface area contributed by atoms with Crippen molar-refractivity contribution in [2.75, 3.05) is 31.6 Å². The smallest absolute Gasteiger partial charge is 0.272 e. The molecular weight excluding hydrogens is 437 g/mol. The molecule has 1 amide bonds. The summed E-state index contributed by atoms with van der Waals surface area (Å²) in [5.41, 5.74) is 2.71. The lowest BCUT2D eigenvalue weighted by Crippen LogP contribution is -2.44. The second-order valence-corrected chi connectivity index (χ2v) is 8.77. The van der Waals surface area contributed by atoms with E-state index >= 15 is 4.39 Å². The minimum absolute atomic E-state index is 0.118. The maximum atomic E-state index is 15.0. The number of hydrogen-bond donors (Lipinski definition) is 0. The summed E-state index contributed by atoms with van der Waals surface area (Å²) >= 11 is 0. The van der Waals surface area contributed by atoms with E-state index < -0.39 is 5.82 Å². The average Bonchev–Trinajstić information content (AvgIpc) is 3.27. The Morgan fingerprint density at radius 2 is 2.00 bits per heavy atom. The van der Waals surface area contributed by atoms with Crippen molar-refractivity contribution in [3.8, 4) is 17.3 Å². The molecular formula is C24H24FN7O2. The monoisotopic (exact) mass is 461 g/mol. The number of carbonyl (C=O) groups is 1. The van der Waals surface area contributed by atoms with Gasteiger partial charge >= 0.3 is 0 Å². The molecule has 1 aromatic carbocycles. The Labute approximate surface area is 196 Å². The van der Waals surface area contributed by atoms with Gasteiger partial charge in [-0.25, -0.2) is 14.4 Å². The van der Waals surface area contributed by atoms with Gasteiger partial charge in [-0.15, -0.1) is 0 Å². The third-order valence-electron chi connectivity index (χ3n) is 6.23. The molecule has 3 aromatic rings. The SMILES string of the molecule is C[C@H]1CN(c2nc3c(c(-c4ccc(C#N)cc4F)n2)CCN(C)C3=O)C[C@@H](c2cnn(C)c2)O1. The highest BCUT2D eigenvalue weighted by Crippen LogP contribution is 2.33. The number of carbonyl (C=O) groups excluding carboxylic acids is 1. The zero-order valence-electron chi connectivity index (χ0n) is 19.2. The Bertz CT molecular complexity index is 1320. The zero-order chi connectivity index (χ0) is 24.0. The molecule has 2 aliphatic heterocycles. The van der Waals surface area contributed by atoms with E-state index in [0.29, 0.717) is 43.3 Å². The Morgan fingerprint density at radius 1 is 1.21 bits per heavy atom. The van der Waals surface area contributed by atoms with Gasteiger partial charge in [-0.2, -0.15) is 10.4 Å². The summed E-state index contributed by atoms with van der Waals surface area (Å²) in [7, 11) is 3.57. The number of benzene rings is 1. The van der Waals surface area contributed by atoms with E-state index in [4.69, 9.17) is 15.0 Å². The molecule has 0 aliphatic carbocycles. The molecule has 2 aliphatic rings. The van der Waals surface area contributed by atoms with E-state index in [9.17, 15) is 4.79 Å². The fourth-order valence-corrected chi connectivity index (χ4v) is 4.49. The minimum atomic E-state index is -0.555. The normalized spacial score (nSPS) is 20.3. The molecule has 34 heavy (non-hydrogen) atoms. The number of fused-ring (bicyclic) bond motifs is 1. The highest BCUT2D eigenvalue weighted by Gasteiger charge is 2.33. The number of aromatic nitrogens is 4. The van der Waals surface area contributed by atoms with E-state index in [0.717, 1.165) is 5.56 Å². The first kappa shape index (κ1) is 22.0. The lowest BCUT2D eigenvalue weighted by atomic mass is 9.97. The zero-order valence-corrected chi connectivity index (χ0v) is 19.2. The standard InChI is InChI=1S/C24H24FN7O2/c1-14-11-32(13-20(34-14)16-10-27-31(3)12-16)24-28-21(17-5-4-15(9-26)8-19(17)25)18-6-7-30(2)23(33)22(18)29-24/h4-5,8,10,12,14,20H,6-7,11,13H2,1-3H3/t14-,20-/m0/s1. The summed E-state index contributed by atoms with van der Waals surface area (Å²) in [6.07, 6.45) is 3.83. The molecule has 0 N–H and O–H groups in total. The summed E-state index contributed by atoms with van der Waals surface area (Å²) < 4.78 is 22.9. The van der Waals surface area contributed by atoms with Crippen molar-refractivity contribution in [1.29, 1.82) is 5.26 Å². The van der Waals surface area contributed by atoms with Gasteiger partial charge in [0.2, 0.25) is 5.95 Å². The first-order valence-electron chi connectivity index (χ1n) is 11.1. The van der Waals surface area contributed by atoms with Crippen LogP contribution in [0.15, 0.2) is 30.6 Å². The van der Waals surface area contributed by atoms with Gasteiger partial charge in [0.1, 0.15) is 17.6 Å². The van der Waals surface area contributed by atoms with Crippen LogP contribution >= 0.6 is 0 Å². The first-order valence-corrected chi connectivity index (χ1v) is 11.1. The van der Waals surface area contributed by atoms with Crippen LogP contribution in [0.2, 0.25) is 0 Å². The molecule has 0 unspecified atom stereocenters. The van der Waals surface area contributed by atoms with Gasteiger partial charge in [0, 0.05) is 50.1 Å². The maximum absolute atomic E-state index is 15.0. The van der Waals surface area contributed by atoms with Gasteiger partial charge in [0.15, 0.2) is 0 Å². The van der Waals surface area contributed by atoms with Crippen molar-refractivity contribution in [3.63, 3.8) is 0 Å². The number of nitrogens with zero attached hydrogens (tertiary/aromatic N) is 7. The van der Waals surface area contributed by atoms with Crippen LogP contribution < -0.4 is 4.90 Å². The average molecular weight is 462 g/mol. The number of ether oxygens (including phenoxy) is 1. The van der Waals surface area contributed by atoms with Crippen LogP contribution in [-0.4, -0.2) is 63.3 Å². The molecule has 4 heterocycles. The van der Waals surface area contributed by atoms with Crippen LogP contribution in [0.4, 0.5) is 10.3 Å². The predicted octanol–water partition coefficient (Wildman–Crippen LogP) is 2.48. The lowest BCUT2D eigenvalue weighted by molar-refractivity contribution is -0.0179. The maximum Gasteiger partial charge on any atom is 0.272 e. The Morgan fingerprint density at radius 3 is 2.71 bits per heavy atom. The van der Waals surface area contributed by atoms with E-state index in [2.05, 4.69) is 10.1 Å². The number of rotatable bonds is 3. The Hall–Kier alpha value is -3.84. The topological polar surface area (TPSA) is 100 Å². The van der Waals surface area contributed by atoms with Crippen molar-refractivity contribution in [2.24, 2.45) is 7.05 Å². The predicted molar refractivity (Wildman–Crippen MR) is 122 cm³/mol. The second-order valence-electron chi connectivity index (χ2n) is 8.77. The van der Waals surface area contributed by atoms with E-state index in [-0.39, 0.29) is 34.9 Å². The van der Waals surface area contributed by atoms with Gasteiger partial charge in [-0.1, -0.05) is 0 Å². The Balaban J connectivity index is 1.61. The molecule has 5 rings (SSSR count). The van der Waals surface area contributed by atoms with Crippen LogP contribution in [0, 0.1) is 17.1 Å². The van der Waals surface area contributed by atoms with Gasteiger partial charge in [0.25, 0.3) is 5.91 Å². The molecule has 10 heteroatoms. The highest BCUT2D eigenvalue weighted by molar-refractivity contribution is 5.96. The number of anilines is 1. The number of likely N-dealkylation sites (N-methyl/N-ethyl adjacent to an activating group) is 1. The van der Waals surface area contributed by atoms with E-state index in [1.54, 1.807) is 35.0 Å². The van der Waals surface area contributed by atoms with Crippen molar-refractivity contribution >= 4 is 11.9 Å². The highest BCUT2D eigenvalue weighted by atomic mass is 19.1. The molecule has 0 bridgehead atoms. The number of amides is 1. The van der Waals surface area contributed by atoms with Crippen LogP contribution in [0.25, 0.3) is 11.3 Å². The fraction of sp³-hybridized carbons (Fsp3) is 0.375. The van der Waals surface area contributed by atoms with Gasteiger partial charge in [0.05, 0.1) is 36.2 Å². The summed E-state index contributed by atoms with van der Waals surface area (Å²) in [5.74, 6) is -0.420. The van der Waals surface area contributed by atoms with Gasteiger partial charge < -0.3 is 14.5 Å². The molecule has 174 valence electrons. The molecule has 0 saturated carbocycles. The van der Waals surface area contributed by atoms with Crippen LogP contribution in [-0.2, 0) is 18.2 Å². The summed E-state index contributed by atoms with van der Waals surface area (Å²) in [6.45, 7) is 3.45. The van der Waals surface area contributed by atoms with Gasteiger partial charge in [-0.05, 0) is 31.5 Å². The number of aryl methyl sites for hydroxylation is 1. The number of halogens is 1. The summed E-state index contributed by atoms with van der Waals surface area (Å²) in [6, 6.07) is 6.24. The van der Waals surface area contributed by atoms with Crippen LogP contribution in [0.1, 0.15) is 40.2 Å². The quantitative estimate of drug-likeness (QED) is 0.591. The first-order chi connectivity index (χ1) is 16.3. The van der Waals surface area contributed by atoms with Crippen molar-refractivity contribution < 1.29 is 13.9 Å². The third kappa shape index (κ3) is 3.88. The third-order valence-corrected chi connectivity index (χ3v) is 6.23. The molecule has 9 nitrogen and oxygen atoms in total. The lowest BCUT2D eigenvalue weighted by Gasteiger charge is -2.37. The molecule has 1 saturated heterocycles. The minimum Gasteiger partial charge on any atom is -0.367 e. The summed E-state index contributed by atoms with van der Waals surface area (Å²) in [4.78, 5) is 26.0. The van der Waals surface area contributed by atoms with Crippen molar-refractivity contribution in [1.82, 2.24) is 24.6 Å². The largest absolute Gasteiger partial charge is 0.367 e. The summed E-state index contributed by atoms with van der Waals surface area (Å²) in [5, 5.41) is 13.4. The van der Waals surface area contributed by atoms with Crippen LogP contribution in [0.3, 0.4) is 0 Å². The molecule has 1 fully saturated rings. The number of hydrogen-bond acceptors (Lipinski definition) is 7. The second kappa shape index (κ2) is 8.50. The number of nitriles is 1. The van der Waals surface area contributed by atoms with Crippen LogP contribution in [0.5, 0.6) is 0 Å². The van der Waals surface area contributed by atoms with Crippen molar-refractivity contribution in [3.05, 3.63) is 58.8 Å². The van der Waals surface area contributed by atoms with E-state index in [1.165, 1.54) is 6.07 Å². The molecule has 0 spiro atoms. The fourth-order valence-electron chi connectivity index (χ4n) is 4.49. The van der Waals surface area contributed by atoms with E-state index in [1.807, 2.05) is 31.1 Å². The van der Waals surface area contributed by atoms with Crippen molar-refractivity contribution in [2.45, 2.75) is 25.6 Å². The number of morpholine rings is 1. The molecule has 2 atom stereocenters. The molecule has 2 aromatic heterocycles. The molecule has 0 radical (unpaired) electrons. The van der Waals surface area contributed by atoms with Gasteiger partial charge in [-0.3, -0.25) is 9.48 Å². The Kier molecular flexibility index (Phi) is 5.49.